The van der Waals surface area contributed by atoms with Crippen molar-refractivity contribution in [3.05, 3.63) is 35.9 Å². The molecule has 0 saturated heterocycles. The first-order chi connectivity index (χ1) is 6.33. The number of nitrogens with zero attached hydrogens (tertiary/aromatic N) is 1. The molecule has 14 heavy (non-hydrogen) atoms. The Morgan fingerprint density at radius 2 is 1.93 bits per heavy atom. The molecule has 0 saturated carbocycles. The van der Waals surface area contributed by atoms with Crippen molar-refractivity contribution >= 4 is 24.8 Å². The monoisotopic (exact) mass is 184 g/mol. The molecule has 0 aromatic heterocycles. The summed E-state index contributed by atoms with van der Waals surface area (Å²) in [5.41, 5.74) is 1.09. The van der Waals surface area contributed by atoms with Crippen LogP contribution in [0.15, 0.2) is 30.3 Å². The molecule has 1 radical (unpaired) electrons. The van der Waals surface area contributed by atoms with Gasteiger partial charge < -0.3 is 0 Å². The van der Waals surface area contributed by atoms with Gasteiger partial charge in [-0.15, -0.1) is 0 Å². The van der Waals surface area contributed by atoms with Gasteiger partial charge in [0, 0.05) is 6.42 Å². The van der Waals surface area contributed by atoms with Crippen molar-refractivity contribution < 1.29 is 4.79 Å². The SMILES string of the molecule is CCCC(=O)[N]Cc1ccccc1.[LiH]. The van der Waals surface area contributed by atoms with Gasteiger partial charge >= 0.3 is 18.9 Å². The zero-order valence-electron chi connectivity index (χ0n) is 7.86. The topological polar surface area (TPSA) is 31.2 Å². The summed E-state index contributed by atoms with van der Waals surface area (Å²) in [6, 6.07) is 9.81. The van der Waals surface area contributed by atoms with Gasteiger partial charge in [-0.2, -0.15) is 0 Å². The van der Waals surface area contributed by atoms with Gasteiger partial charge in [-0.05, 0) is 12.0 Å². The summed E-state index contributed by atoms with van der Waals surface area (Å²) in [6.45, 7) is 2.50. The molecule has 2 nitrogen and oxygen atoms in total. The standard InChI is InChI=1S/C11H14NO.Li.H/c1-2-6-11(13)12-9-10-7-4-3-5-8-10;;/h3-5,7-8H,2,6,9H2,1H3;;. The summed E-state index contributed by atoms with van der Waals surface area (Å²) < 4.78 is 0. The fourth-order valence-corrected chi connectivity index (χ4v) is 1.06. The van der Waals surface area contributed by atoms with E-state index in [9.17, 15) is 4.79 Å². The van der Waals surface area contributed by atoms with Crippen LogP contribution in [0.4, 0.5) is 0 Å². The molecular formula is C11H15LiNO. The Balaban J connectivity index is 0.00000169. The number of rotatable bonds is 4. The van der Waals surface area contributed by atoms with E-state index in [0.29, 0.717) is 13.0 Å². The maximum absolute atomic E-state index is 11.0. The molecule has 0 unspecified atom stereocenters. The molecule has 3 heteroatoms. The molecule has 0 fully saturated rings. The van der Waals surface area contributed by atoms with E-state index in [1.54, 1.807) is 0 Å². The van der Waals surface area contributed by atoms with Crippen molar-refractivity contribution in [2.75, 3.05) is 0 Å². The number of carbonyl (C=O) groups is 1. The Labute approximate surface area is 97.3 Å². The van der Waals surface area contributed by atoms with E-state index in [2.05, 4.69) is 5.32 Å². The van der Waals surface area contributed by atoms with Gasteiger partial charge in [-0.1, -0.05) is 37.3 Å². The third-order valence-electron chi connectivity index (χ3n) is 1.74. The predicted molar refractivity (Wildman–Crippen MR) is 59.3 cm³/mol. The molecule has 0 aliphatic rings. The van der Waals surface area contributed by atoms with Gasteiger partial charge in [0.25, 0.3) is 0 Å². The molecule has 0 bridgehead atoms. The molecule has 1 amide bonds. The van der Waals surface area contributed by atoms with Crippen LogP contribution in [0.25, 0.3) is 0 Å². The number of carbonyl (C=O) groups excluding carboxylic acids is 1. The molecule has 0 aliphatic carbocycles. The summed E-state index contributed by atoms with van der Waals surface area (Å²) in [5.74, 6) is 0.00588. The first kappa shape index (κ1) is 13.3. The normalized spacial score (nSPS) is 8.93. The maximum atomic E-state index is 11.0. The first-order valence-electron chi connectivity index (χ1n) is 4.57. The van der Waals surface area contributed by atoms with Crippen molar-refractivity contribution in [3.63, 3.8) is 0 Å². The van der Waals surface area contributed by atoms with Crippen molar-refractivity contribution in [2.45, 2.75) is 26.3 Å². The quantitative estimate of drug-likeness (QED) is 0.652. The molecule has 1 aromatic rings. The second kappa shape index (κ2) is 7.67. The van der Waals surface area contributed by atoms with E-state index in [1.165, 1.54) is 0 Å². The second-order valence-corrected chi connectivity index (χ2v) is 2.95. The zero-order valence-corrected chi connectivity index (χ0v) is 7.86. The summed E-state index contributed by atoms with van der Waals surface area (Å²) in [4.78, 5) is 11.0. The minimum atomic E-state index is 0. The summed E-state index contributed by atoms with van der Waals surface area (Å²) in [5, 5.41) is 3.95. The first-order valence-corrected chi connectivity index (χ1v) is 4.57. The van der Waals surface area contributed by atoms with E-state index in [0.717, 1.165) is 12.0 Å². The Morgan fingerprint density at radius 1 is 1.29 bits per heavy atom. The fourth-order valence-electron chi connectivity index (χ4n) is 1.06. The Kier molecular flexibility index (Phi) is 7.28. The van der Waals surface area contributed by atoms with Crippen LogP contribution in [0.3, 0.4) is 0 Å². The van der Waals surface area contributed by atoms with Crippen LogP contribution in [0.5, 0.6) is 0 Å². The van der Waals surface area contributed by atoms with E-state index >= 15 is 0 Å². The van der Waals surface area contributed by atoms with Gasteiger partial charge in [0.05, 0.1) is 6.54 Å². The fraction of sp³-hybridized carbons (Fsp3) is 0.364. The molecule has 71 valence electrons. The van der Waals surface area contributed by atoms with Crippen LogP contribution in [0.1, 0.15) is 25.3 Å². The number of hydrogen-bond donors (Lipinski definition) is 0. The van der Waals surface area contributed by atoms with Crippen molar-refractivity contribution in [3.8, 4) is 0 Å². The van der Waals surface area contributed by atoms with Gasteiger partial charge in [0.2, 0.25) is 5.91 Å². The molecule has 0 atom stereocenters. The summed E-state index contributed by atoms with van der Waals surface area (Å²) in [7, 11) is 0. The number of hydrogen-bond acceptors (Lipinski definition) is 1. The average Bonchev–Trinajstić information content (AvgIpc) is 2.17. The average molecular weight is 184 g/mol. The van der Waals surface area contributed by atoms with Crippen molar-refractivity contribution in [2.24, 2.45) is 0 Å². The van der Waals surface area contributed by atoms with E-state index < -0.39 is 0 Å². The van der Waals surface area contributed by atoms with E-state index in [-0.39, 0.29) is 24.8 Å². The second-order valence-electron chi connectivity index (χ2n) is 2.95. The number of amides is 1. The van der Waals surface area contributed by atoms with Gasteiger partial charge in [0.15, 0.2) is 0 Å². The number of benzene rings is 1. The van der Waals surface area contributed by atoms with Gasteiger partial charge in [-0.3, -0.25) is 4.79 Å². The molecule has 0 heterocycles. The van der Waals surface area contributed by atoms with Crippen LogP contribution < -0.4 is 5.32 Å². The van der Waals surface area contributed by atoms with Crippen LogP contribution in [-0.4, -0.2) is 24.8 Å². The Morgan fingerprint density at radius 3 is 2.50 bits per heavy atom. The summed E-state index contributed by atoms with van der Waals surface area (Å²) >= 11 is 0. The van der Waals surface area contributed by atoms with Crippen LogP contribution in [0, 0.1) is 0 Å². The minimum absolute atomic E-state index is 0. The molecule has 1 aromatic carbocycles. The van der Waals surface area contributed by atoms with Crippen LogP contribution in [-0.2, 0) is 11.3 Å². The molecular weight excluding hydrogens is 169 g/mol. The van der Waals surface area contributed by atoms with Crippen molar-refractivity contribution in [1.82, 2.24) is 5.32 Å². The molecule has 1 rings (SSSR count). The zero-order chi connectivity index (χ0) is 9.52. The molecule has 0 spiro atoms. The third kappa shape index (κ3) is 5.11. The predicted octanol–water partition coefficient (Wildman–Crippen LogP) is 1.47. The van der Waals surface area contributed by atoms with Crippen LogP contribution >= 0.6 is 0 Å². The van der Waals surface area contributed by atoms with Crippen molar-refractivity contribution in [1.29, 1.82) is 0 Å². The van der Waals surface area contributed by atoms with Gasteiger partial charge in [-0.25, -0.2) is 5.32 Å². The molecule has 0 N–H and O–H groups in total. The Hall–Kier alpha value is -0.713. The third-order valence-corrected chi connectivity index (χ3v) is 1.74. The van der Waals surface area contributed by atoms with Crippen LogP contribution in [0.2, 0.25) is 0 Å². The van der Waals surface area contributed by atoms with Gasteiger partial charge in [0.1, 0.15) is 0 Å². The summed E-state index contributed by atoms with van der Waals surface area (Å²) in [6.07, 6.45) is 1.43. The van der Waals surface area contributed by atoms with E-state index in [4.69, 9.17) is 0 Å². The molecule has 0 aliphatic heterocycles. The van der Waals surface area contributed by atoms with E-state index in [1.807, 2.05) is 37.3 Å². The Bertz CT molecular complexity index is 261.